The molecule has 0 spiro atoms. The van der Waals surface area contributed by atoms with E-state index in [1.807, 2.05) is 56.3 Å². The second-order valence-electron chi connectivity index (χ2n) is 7.98. The highest BCUT2D eigenvalue weighted by Gasteiger charge is 2.43. The van der Waals surface area contributed by atoms with E-state index in [-0.39, 0.29) is 5.92 Å². The van der Waals surface area contributed by atoms with E-state index in [1.54, 1.807) is 36.4 Å². The van der Waals surface area contributed by atoms with Crippen LogP contribution in [0.15, 0.2) is 78.9 Å². The first-order chi connectivity index (χ1) is 15.0. The zero-order valence-corrected chi connectivity index (χ0v) is 17.4. The molecule has 0 N–H and O–H groups in total. The predicted octanol–water partition coefficient (Wildman–Crippen LogP) is 4.97. The number of hydrogen-bond donors (Lipinski definition) is 0. The maximum absolute atomic E-state index is 13.1. The third-order valence-corrected chi connectivity index (χ3v) is 5.28. The van der Waals surface area contributed by atoms with Gasteiger partial charge in [-0.1, -0.05) is 68.4 Å². The van der Waals surface area contributed by atoms with Gasteiger partial charge in [0.1, 0.15) is 11.8 Å². The number of carbonyl (C=O) groups is 3. The second-order valence-corrected chi connectivity index (χ2v) is 7.98. The molecular weight excluding hydrogens is 390 g/mol. The quantitative estimate of drug-likeness (QED) is 0.325. The van der Waals surface area contributed by atoms with Gasteiger partial charge in [0.15, 0.2) is 0 Å². The fourth-order valence-corrected chi connectivity index (χ4v) is 3.77. The van der Waals surface area contributed by atoms with Crippen LogP contribution in [0.2, 0.25) is 0 Å². The summed E-state index contributed by atoms with van der Waals surface area (Å²) in [5.41, 5.74) is 2.70. The Hall–Kier alpha value is -3.73. The lowest BCUT2D eigenvalue weighted by atomic mass is 10.0. The van der Waals surface area contributed by atoms with E-state index in [2.05, 4.69) is 0 Å². The van der Waals surface area contributed by atoms with Crippen molar-refractivity contribution in [3.8, 4) is 16.9 Å². The summed E-state index contributed by atoms with van der Waals surface area (Å²) in [6, 6.07) is 22.7. The summed E-state index contributed by atoms with van der Waals surface area (Å²) >= 11 is 0. The van der Waals surface area contributed by atoms with E-state index in [1.165, 1.54) is 0 Å². The van der Waals surface area contributed by atoms with Gasteiger partial charge in [0.25, 0.3) is 11.8 Å². The number of fused-ring (bicyclic) bond motifs is 1. The molecule has 156 valence electrons. The summed E-state index contributed by atoms with van der Waals surface area (Å²) in [4.78, 5) is 39.9. The molecule has 3 aromatic rings. The van der Waals surface area contributed by atoms with Crippen molar-refractivity contribution < 1.29 is 19.1 Å². The molecule has 1 atom stereocenters. The van der Waals surface area contributed by atoms with Crippen molar-refractivity contribution in [2.75, 3.05) is 0 Å². The van der Waals surface area contributed by atoms with Crippen molar-refractivity contribution in [3.63, 3.8) is 0 Å². The molecule has 31 heavy (non-hydrogen) atoms. The highest BCUT2D eigenvalue weighted by Crippen LogP contribution is 2.28. The van der Waals surface area contributed by atoms with Crippen molar-refractivity contribution in [2.45, 2.75) is 26.3 Å². The van der Waals surface area contributed by atoms with E-state index in [4.69, 9.17) is 4.74 Å². The number of amides is 2. The summed E-state index contributed by atoms with van der Waals surface area (Å²) in [5, 5.41) is 0. The van der Waals surface area contributed by atoms with Gasteiger partial charge in [-0.2, -0.15) is 0 Å². The fourth-order valence-electron chi connectivity index (χ4n) is 3.77. The predicted molar refractivity (Wildman–Crippen MR) is 118 cm³/mol. The highest BCUT2D eigenvalue weighted by atomic mass is 16.5. The maximum atomic E-state index is 13.1. The van der Waals surface area contributed by atoms with Crippen molar-refractivity contribution in [1.82, 2.24) is 4.90 Å². The molecule has 0 saturated heterocycles. The summed E-state index contributed by atoms with van der Waals surface area (Å²) in [6.07, 6.45) is 0.326. The van der Waals surface area contributed by atoms with Gasteiger partial charge in [-0.05, 0) is 47.7 Å². The Balaban J connectivity index is 1.56. The van der Waals surface area contributed by atoms with Crippen LogP contribution in [0.25, 0.3) is 11.1 Å². The number of hydrogen-bond acceptors (Lipinski definition) is 4. The van der Waals surface area contributed by atoms with E-state index in [0.717, 1.165) is 16.0 Å². The third-order valence-electron chi connectivity index (χ3n) is 5.28. The SMILES string of the molecule is CC(C)C[C@@H](C(=O)Oc1ccc(-c2ccccc2)cc1)N1C(=O)c2ccccc2C1=O. The Morgan fingerprint density at radius 2 is 1.29 bits per heavy atom. The third kappa shape index (κ3) is 4.12. The zero-order chi connectivity index (χ0) is 22.0. The standard InChI is InChI=1S/C26H23NO4/c1-17(2)16-23(27-24(28)21-10-6-7-11-22(21)25(27)29)26(30)31-20-14-12-19(13-15-20)18-8-4-3-5-9-18/h3-15,17,23H,16H2,1-2H3/t23-/m0/s1. The molecule has 4 rings (SSSR count). The topological polar surface area (TPSA) is 63.7 Å². The first-order valence-electron chi connectivity index (χ1n) is 10.3. The number of esters is 1. The van der Waals surface area contributed by atoms with Gasteiger partial charge in [-0.3, -0.25) is 14.5 Å². The van der Waals surface area contributed by atoms with Crippen molar-refractivity contribution in [2.24, 2.45) is 5.92 Å². The van der Waals surface area contributed by atoms with Gasteiger partial charge >= 0.3 is 5.97 Å². The van der Waals surface area contributed by atoms with E-state index < -0.39 is 23.8 Å². The minimum absolute atomic E-state index is 0.0855. The van der Waals surface area contributed by atoms with Crippen molar-refractivity contribution in [1.29, 1.82) is 0 Å². The lowest BCUT2D eigenvalue weighted by molar-refractivity contribution is -0.139. The Morgan fingerprint density at radius 3 is 1.84 bits per heavy atom. The second kappa shape index (κ2) is 8.56. The molecule has 0 aromatic heterocycles. The first-order valence-corrected chi connectivity index (χ1v) is 10.3. The van der Waals surface area contributed by atoms with Gasteiger partial charge in [0, 0.05) is 0 Å². The zero-order valence-electron chi connectivity index (χ0n) is 17.4. The minimum Gasteiger partial charge on any atom is -0.425 e. The molecular formula is C26H23NO4. The van der Waals surface area contributed by atoms with Gasteiger partial charge in [-0.15, -0.1) is 0 Å². The molecule has 3 aromatic carbocycles. The van der Waals surface area contributed by atoms with Gasteiger partial charge in [-0.25, -0.2) is 4.79 Å². The number of nitrogens with zero attached hydrogens (tertiary/aromatic N) is 1. The molecule has 0 aliphatic carbocycles. The Labute approximate surface area is 181 Å². The van der Waals surface area contributed by atoms with Crippen LogP contribution in [0, 0.1) is 5.92 Å². The Bertz CT molecular complexity index is 1080. The number of rotatable bonds is 6. The molecule has 5 nitrogen and oxygen atoms in total. The number of benzene rings is 3. The first kappa shape index (κ1) is 20.5. The minimum atomic E-state index is -0.985. The smallest absolute Gasteiger partial charge is 0.334 e. The Kier molecular flexibility index (Phi) is 5.67. The van der Waals surface area contributed by atoms with Crippen molar-refractivity contribution in [3.05, 3.63) is 90.0 Å². The van der Waals surface area contributed by atoms with Crippen LogP contribution < -0.4 is 4.74 Å². The normalized spacial score (nSPS) is 14.0. The van der Waals surface area contributed by atoms with Crippen LogP contribution in [0.1, 0.15) is 41.0 Å². The van der Waals surface area contributed by atoms with Crippen LogP contribution in [0.3, 0.4) is 0 Å². The summed E-state index contributed by atoms with van der Waals surface area (Å²) in [7, 11) is 0. The molecule has 1 aliphatic rings. The largest absolute Gasteiger partial charge is 0.425 e. The maximum Gasteiger partial charge on any atom is 0.334 e. The molecule has 5 heteroatoms. The van der Waals surface area contributed by atoms with Gasteiger partial charge in [0.05, 0.1) is 11.1 Å². The van der Waals surface area contributed by atoms with Crippen LogP contribution in [0.5, 0.6) is 5.75 Å². The Morgan fingerprint density at radius 1 is 0.774 bits per heavy atom. The average molecular weight is 413 g/mol. The molecule has 1 heterocycles. The highest BCUT2D eigenvalue weighted by molar-refractivity contribution is 6.22. The van der Waals surface area contributed by atoms with Crippen LogP contribution in [-0.2, 0) is 4.79 Å². The molecule has 0 unspecified atom stereocenters. The van der Waals surface area contributed by atoms with Crippen LogP contribution in [0.4, 0.5) is 0 Å². The van der Waals surface area contributed by atoms with Crippen LogP contribution >= 0.6 is 0 Å². The molecule has 0 fully saturated rings. The lowest BCUT2D eigenvalue weighted by Gasteiger charge is -2.25. The number of ether oxygens (including phenoxy) is 1. The number of imide groups is 1. The number of carbonyl (C=O) groups excluding carboxylic acids is 3. The monoisotopic (exact) mass is 413 g/mol. The van der Waals surface area contributed by atoms with E-state index in [9.17, 15) is 14.4 Å². The molecule has 2 amide bonds. The van der Waals surface area contributed by atoms with Gasteiger partial charge in [0.2, 0.25) is 0 Å². The summed E-state index contributed by atoms with van der Waals surface area (Å²) in [5.74, 6) is -1.07. The molecule has 0 radical (unpaired) electrons. The summed E-state index contributed by atoms with van der Waals surface area (Å²) < 4.78 is 5.59. The van der Waals surface area contributed by atoms with E-state index in [0.29, 0.717) is 23.3 Å². The average Bonchev–Trinajstić information content (AvgIpc) is 3.03. The summed E-state index contributed by atoms with van der Waals surface area (Å²) in [6.45, 7) is 3.88. The van der Waals surface area contributed by atoms with Crippen molar-refractivity contribution >= 4 is 17.8 Å². The van der Waals surface area contributed by atoms with Crippen LogP contribution in [-0.4, -0.2) is 28.7 Å². The van der Waals surface area contributed by atoms with E-state index >= 15 is 0 Å². The fraction of sp³-hybridized carbons (Fsp3) is 0.192. The van der Waals surface area contributed by atoms with Gasteiger partial charge < -0.3 is 4.74 Å². The molecule has 1 aliphatic heterocycles. The molecule has 0 saturated carbocycles. The molecule has 0 bridgehead atoms. The lowest BCUT2D eigenvalue weighted by Crippen LogP contribution is -2.47.